The standard InChI is InChI=1S/C13H20N2OS/c1-9(16)11-4-5-15(6-11)7-12-8-17-13(14-12)10-2-3-10/h8-11,16H,2-7H2,1H3. The molecule has 17 heavy (non-hydrogen) atoms. The van der Waals surface area contributed by atoms with Gasteiger partial charge in [0, 0.05) is 24.4 Å². The predicted octanol–water partition coefficient (Wildman–Crippen LogP) is 2.22. The zero-order valence-electron chi connectivity index (χ0n) is 10.3. The lowest BCUT2D eigenvalue weighted by molar-refractivity contribution is 0.127. The molecule has 1 aliphatic heterocycles. The van der Waals surface area contributed by atoms with Gasteiger partial charge in [0.25, 0.3) is 0 Å². The fourth-order valence-corrected chi connectivity index (χ4v) is 3.52. The fraction of sp³-hybridized carbons (Fsp3) is 0.769. The normalized spacial score (nSPS) is 27.5. The van der Waals surface area contributed by atoms with Gasteiger partial charge >= 0.3 is 0 Å². The summed E-state index contributed by atoms with van der Waals surface area (Å²) in [6.45, 7) is 4.99. The van der Waals surface area contributed by atoms with Gasteiger partial charge in [-0.1, -0.05) is 0 Å². The van der Waals surface area contributed by atoms with E-state index in [9.17, 15) is 5.11 Å². The maximum absolute atomic E-state index is 9.58. The highest BCUT2D eigenvalue weighted by molar-refractivity contribution is 7.09. The zero-order chi connectivity index (χ0) is 11.8. The first kappa shape index (κ1) is 11.6. The molecule has 0 spiro atoms. The highest BCUT2D eigenvalue weighted by Crippen LogP contribution is 2.41. The van der Waals surface area contributed by atoms with Crippen molar-refractivity contribution in [2.75, 3.05) is 13.1 Å². The Balaban J connectivity index is 1.56. The Morgan fingerprint density at radius 2 is 2.35 bits per heavy atom. The largest absolute Gasteiger partial charge is 0.393 e. The summed E-state index contributed by atoms with van der Waals surface area (Å²) < 4.78 is 0. The number of thiazole rings is 1. The average molecular weight is 252 g/mol. The minimum Gasteiger partial charge on any atom is -0.393 e. The number of rotatable bonds is 4. The van der Waals surface area contributed by atoms with Gasteiger partial charge in [0.05, 0.1) is 16.8 Å². The molecule has 0 amide bonds. The maximum atomic E-state index is 9.58. The number of aliphatic hydroxyl groups is 1. The second-order valence-electron chi connectivity index (χ2n) is 5.48. The van der Waals surface area contributed by atoms with Crippen LogP contribution in [0.2, 0.25) is 0 Å². The second-order valence-corrected chi connectivity index (χ2v) is 6.37. The highest BCUT2D eigenvalue weighted by atomic mass is 32.1. The molecule has 2 atom stereocenters. The summed E-state index contributed by atoms with van der Waals surface area (Å²) >= 11 is 1.82. The minimum absolute atomic E-state index is 0.169. The molecule has 0 bridgehead atoms. The van der Waals surface area contributed by atoms with E-state index < -0.39 is 0 Å². The maximum Gasteiger partial charge on any atom is 0.0959 e. The summed E-state index contributed by atoms with van der Waals surface area (Å²) in [7, 11) is 0. The molecular weight excluding hydrogens is 232 g/mol. The van der Waals surface area contributed by atoms with E-state index in [0.717, 1.165) is 32.0 Å². The van der Waals surface area contributed by atoms with Crippen molar-refractivity contribution in [3.8, 4) is 0 Å². The van der Waals surface area contributed by atoms with E-state index in [4.69, 9.17) is 4.98 Å². The van der Waals surface area contributed by atoms with Gasteiger partial charge in [-0.15, -0.1) is 11.3 Å². The van der Waals surface area contributed by atoms with E-state index in [1.54, 1.807) is 0 Å². The molecule has 1 aromatic rings. The topological polar surface area (TPSA) is 36.4 Å². The third-order valence-electron chi connectivity index (χ3n) is 3.87. The van der Waals surface area contributed by atoms with Gasteiger partial charge in [0.2, 0.25) is 0 Å². The molecule has 94 valence electrons. The zero-order valence-corrected chi connectivity index (χ0v) is 11.1. The molecule has 0 radical (unpaired) electrons. The van der Waals surface area contributed by atoms with Gasteiger partial charge in [-0.2, -0.15) is 0 Å². The van der Waals surface area contributed by atoms with Crippen molar-refractivity contribution >= 4 is 11.3 Å². The molecule has 2 aliphatic rings. The molecule has 2 unspecified atom stereocenters. The molecule has 1 N–H and O–H groups in total. The molecule has 2 fully saturated rings. The molecule has 2 heterocycles. The van der Waals surface area contributed by atoms with Crippen LogP contribution in [0.25, 0.3) is 0 Å². The lowest BCUT2D eigenvalue weighted by Crippen LogP contribution is -2.24. The number of nitrogens with zero attached hydrogens (tertiary/aromatic N) is 2. The average Bonchev–Trinajstić information content (AvgIpc) is 2.87. The molecule has 3 rings (SSSR count). The Labute approximate surface area is 106 Å². The first-order chi connectivity index (χ1) is 8.22. The molecule has 1 aliphatic carbocycles. The number of hydrogen-bond acceptors (Lipinski definition) is 4. The van der Waals surface area contributed by atoms with Gasteiger partial charge in [-0.3, -0.25) is 4.90 Å². The minimum atomic E-state index is -0.169. The van der Waals surface area contributed by atoms with Gasteiger partial charge < -0.3 is 5.11 Å². The van der Waals surface area contributed by atoms with Crippen LogP contribution in [0.3, 0.4) is 0 Å². The molecule has 0 aromatic carbocycles. The fourth-order valence-electron chi connectivity index (χ4n) is 2.54. The van der Waals surface area contributed by atoms with Crippen LogP contribution in [0, 0.1) is 5.92 Å². The summed E-state index contributed by atoms with van der Waals surface area (Å²) in [5.74, 6) is 1.23. The molecular formula is C13H20N2OS. The van der Waals surface area contributed by atoms with E-state index in [1.807, 2.05) is 18.3 Å². The van der Waals surface area contributed by atoms with E-state index in [0.29, 0.717) is 5.92 Å². The number of aliphatic hydroxyl groups excluding tert-OH is 1. The molecule has 1 saturated heterocycles. The smallest absolute Gasteiger partial charge is 0.0959 e. The van der Waals surface area contributed by atoms with Crippen molar-refractivity contribution in [2.45, 2.75) is 44.8 Å². The summed E-state index contributed by atoms with van der Waals surface area (Å²) in [6.07, 6.45) is 3.62. The number of likely N-dealkylation sites (tertiary alicyclic amines) is 1. The van der Waals surface area contributed by atoms with E-state index in [-0.39, 0.29) is 6.10 Å². The Morgan fingerprint density at radius 1 is 1.53 bits per heavy atom. The van der Waals surface area contributed by atoms with Crippen LogP contribution >= 0.6 is 11.3 Å². The van der Waals surface area contributed by atoms with Crippen molar-refractivity contribution in [1.82, 2.24) is 9.88 Å². The molecule has 1 aromatic heterocycles. The quantitative estimate of drug-likeness (QED) is 0.892. The van der Waals surface area contributed by atoms with Crippen LogP contribution in [-0.4, -0.2) is 34.2 Å². The van der Waals surface area contributed by atoms with Crippen LogP contribution in [0.15, 0.2) is 5.38 Å². The van der Waals surface area contributed by atoms with E-state index >= 15 is 0 Å². The van der Waals surface area contributed by atoms with E-state index in [2.05, 4.69) is 10.3 Å². The van der Waals surface area contributed by atoms with Gasteiger partial charge in [-0.05, 0) is 38.6 Å². The first-order valence-electron chi connectivity index (χ1n) is 6.57. The third-order valence-corrected chi connectivity index (χ3v) is 4.93. The third kappa shape index (κ3) is 2.69. The van der Waals surface area contributed by atoms with Crippen molar-refractivity contribution in [2.24, 2.45) is 5.92 Å². The Bertz CT molecular complexity index is 387. The Kier molecular flexibility index (Phi) is 3.19. The summed E-state index contributed by atoms with van der Waals surface area (Å²) in [6, 6.07) is 0. The van der Waals surface area contributed by atoms with Gasteiger partial charge in [-0.25, -0.2) is 4.98 Å². The lowest BCUT2D eigenvalue weighted by Gasteiger charge is -2.16. The van der Waals surface area contributed by atoms with Crippen molar-refractivity contribution < 1.29 is 5.11 Å². The van der Waals surface area contributed by atoms with Crippen molar-refractivity contribution in [1.29, 1.82) is 0 Å². The summed E-state index contributed by atoms with van der Waals surface area (Å²) in [4.78, 5) is 7.14. The molecule has 3 nitrogen and oxygen atoms in total. The van der Waals surface area contributed by atoms with Gasteiger partial charge in [0.15, 0.2) is 0 Å². The highest BCUT2D eigenvalue weighted by Gasteiger charge is 2.28. The number of hydrogen-bond donors (Lipinski definition) is 1. The SMILES string of the molecule is CC(O)C1CCN(Cc2csc(C3CC3)n2)C1. The predicted molar refractivity (Wildman–Crippen MR) is 69.2 cm³/mol. The summed E-state index contributed by atoms with van der Waals surface area (Å²) in [5, 5.41) is 13.1. The lowest BCUT2D eigenvalue weighted by atomic mass is 10.0. The molecule has 1 saturated carbocycles. The Hall–Kier alpha value is -0.450. The van der Waals surface area contributed by atoms with Crippen LogP contribution in [-0.2, 0) is 6.54 Å². The monoisotopic (exact) mass is 252 g/mol. The number of aromatic nitrogens is 1. The van der Waals surface area contributed by atoms with Crippen LogP contribution in [0.5, 0.6) is 0 Å². The van der Waals surface area contributed by atoms with Crippen LogP contribution in [0.4, 0.5) is 0 Å². The van der Waals surface area contributed by atoms with Crippen LogP contribution < -0.4 is 0 Å². The van der Waals surface area contributed by atoms with Crippen LogP contribution in [0.1, 0.15) is 42.8 Å². The van der Waals surface area contributed by atoms with E-state index in [1.165, 1.54) is 23.5 Å². The van der Waals surface area contributed by atoms with Gasteiger partial charge in [0.1, 0.15) is 0 Å². The summed E-state index contributed by atoms with van der Waals surface area (Å²) in [5.41, 5.74) is 1.23. The van der Waals surface area contributed by atoms with Crippen molar-refractivity contribution in [3.63, 3.8) is 0 Å². The second kappa shape index (κ2) is 4.67. The Morgan fingerprint density at radius 3 is 3.00 bits per heavy atom. The molecule has 4 heteroatoms. The van der Waals surface area contributed by atoms with Crippen molar-refractivity contribution in [3.05, 3.63) is 16.1 Å². The first-order valence-corrected chi connectivity index (χ1v) is 7.45.